The molecule has 2 unspecified atom stereocenters. The highest BCUT2D eigenvalue weighted by molar-refractivity contribution is 7.99. The van der Waals surface area contributed by atoms with Crippen LogP contribution in [0.4, 0.5) is 11.6 Å². The number of hydrogen-bond donors (Lipinski definition) is 3. The summed E-state index contributed by atoms with van der Waals surface area (Å²) < 4.78 is 0. The van der Waals surface area contributed by atoms with E-state index in [1.54, 1.807) is 17.8 Å². The number of rotatable bonds is 8. The van der Waals surface area contributed by atoms with Crippen molar-refractivity contribution in [3.05, 3.63) is 16.1 Å². The summed E-state index contributed by atoms with van der Waals surface area (Å²) in [4.78, 5) is 4.42. The topological polar surface area (TPSA) is 57.2 Å². The van der Waals surface area contributed by atoms with Crippen LogP contribution in [0.1, 0.15) is 20.3 Å². The zero-order valence-corrected chi connectivity index (χ0v) is 14.2. The molecule has 114 valence electrons. The molecule has 0 radical (unpaired) electrons. The molecule has 1 rings (SSSR count). The van der Waals surface area contributed by atoms with E-state index in [1.165, 1.54) is 0 Å². The maximum Gasteiger partial charge on any atom is 0.147 e. The van der Waals surface area contributed by atoms with Crippen LogP contribution < -0.4 is 10.6 Å². The Labute approximate surface area is 134 Å². The highest BCUT2D eigenvalue weighted by Gasteiger charge is 2.17. The summed E-state index contributed by atoms with van der Waals surface area (Å²) in [5.41, 5.74) is 0. The van der Waals surface area contributed by atoms with Gasteiger partial charge in [-0.25, -0.2) is 4.98 Å². The van der Waals surface area contributed by atoms with Crippen molar-refractivity contribution in [1.29, 1.82) is 0 Å². The number of halogens is 2. The van der Waals surface area contributed by atoms with Gasteiger partial charge in [0.05, 0.1) is 16.7 Å². The molecule has 3 N–H and O–H groups in total. The Morgan fingerprint density at radius 2 is 2.00 bits per heavy atom. The van der Waals surface area contributed by atoms with Gasteiger partial charge in [-0.1, -0.05) is 30.1 Å². The van der Waals surface area contributed by atoms with E-state index in [9.17, 15) is 5.11 Å². The van der Waals surface area contributed by atoms with Crippen LogP contribution in [0.25, 0.3) is 0 Å². The van der Waals surface area contributed by atoms with Crippen molar-refractivity contribution in [2.75, 3.05) is 30.0 Å². The van der Waals surface area contributed by atoms with Crippen molar-refractivity contribution in [2.24, 2.45) is 0 Å². The molecule has 0 aliphatic rings. The number of aliphatic hydroxyl groups excluding tert-OH is 1. The van der Waals surface area contributed by atoms with E-state index in [0.29, 0.717) is 21.7 Å². The van der Waals surface area contributed by atoms with Crippen molar-refractivity contribution in [3.8, 4) is 0 Å². The maximum absolute atomic E-state index is 9.31. The minimum atomic E-state index is 0.0419. The summed E-state index contributed by atoms with van der Waals surface area (Å²) in [7, 11) is 0. The van der Waals surface area contributed by atoms with Gasteiger partial charge in [0.2, 0.25) is 0 Å². The molecule has 0 spiro atoms. The first-order chi connectivity index (χ1) is 9.53. The predicted molar refractivity (Wildman–Crippen MR) is 90.5 cm³/mol. The largest absolute Gasteiger partial charge is 0.395 e. The summed E-state index contributed by atoms with van der Waals surface area (Å²) in [5.74, 6) is 1.20. The van der Waals surface area contributed by atoms with Crippen molar-refractivity contribution in [3.63, 3.8) is 0 Å². The summed E-state index contributed by atoms with van der Waals surface area (Å²) in [6.45, 7) is 4.96. The molecule has 0 aromatic carbocycles. The van der Waals surface area contributed by atoms with Gasteiger partial charge in [0.15, 0.2) is 0 Å². The molecular weight excluding hydrogens is 317 g/mol. The number of anilines is 2. The second-order valence-electron chi connectivity index (χ2n) is 4.47. The highest BCUT2D eigenvalue weighted by Crippen LogP contribution is 2.30. The zero-order chi connectivity index (χ0) is 15.1. The summed E-state index contributed by atoms with van der Waals surface area (Å²) in [5, 5.41) is 16.8. The number of thioether (sulfide) groups is 1. The minimum absolute atomic E-state index is 0.0419. The van der Waals surface area contributed by atoms with Crippen LogP contribution in [0, 0.1) is 0 Å². The first kappa shape index (κ1) is 17.7. The quantitative estimate of drug-likeness (QED) is 0.674. The van der Waals surface area contributed by atoms with Crippen LogP contribution >= 0.6 is 35.0 Å². The van der Waals surface area contributed by atoms with Gasteiger partial charge in [0.1, 0.15) is 11.6 Å². The molecule has 20 heavy (non-hydrogen) atoms. The van der Waals surface area contributed by atoms with E-state index in [0.717, 1.165) is 13.0 Å². The van der Waals surface area contributed by atoms with E-state index in [-0.39, 0.29) is 17.9 Å². The average molecular weight is 338 g/mol. The minimum Gasteiger partial charge on any atom is -0.395 e. The molecule has 4 nitrogen and oxygen atoms in total. The Morgan fingerprint density at radius 3 is 2.55 bits per heavy atom. The number of hydrogen-bond acceptors (Lipinski definition) is 5. The second kappa shape index (κ2) is 8.82. The Bertz CT molecular complexity index is 430. The van der Waals surface area contributed by atoms with Gasteiger partial charge in [-0.2, -0.15) is 11.8 Å². The lowest BCUT2D eigenvalue weighted by molar-refractivity contribution is 0.288. The lowest BCUT2D eigenvalue weighted by Gasteiger charge is -2.23. The van der Waals surface area contributed by atoms with Gasteiger partial charge < -0.3 is 15.7 Å². The fourth-order valence-electron chi connectivity index (χ4n) is 1.68. The molecule has 1 aromatic rings. The van der Waals surface area contributed by atoms with Crippen LogP contribution in [0.3, 0.4) is 0 Å². The number of aliphatic hydroxyl groups is 1. The first-order valence-electron chi connectivity index (χ1n) is 6.53. The fraction of sp³-hybridized carbons (Fsp3) is 0.615. The Morgan fingerprint density at radius 1 is 1.35 bits per heavy atom. The molecule has 0 fully saturated rings. The van der Waals surface area contributed by atoms with Gasteiger partial charge in [-0.05, 0) is 25.7 Å². The Kier molecular flexibility index (Phi) is 7.80. The Hall–Kier alpha value is -0.360. The summed E-state index contributed by atoms with van der Waals surface area (Å²) in [6, 6.07) is 1.72. The van der Waals surface area contributed by atoms with Gasteiger partial charge in [0.25, 0.3) is 0 Å². The van der Waals surface area contributed by atoms with Crippen LogP contribution in [-0.2, 0) is 0 Å². The molecule has 0 aliphatic heterocycles. The third kappa shape index (κ3) is 4.88. The normalized spacial score (nSPS) is 13.9. The van der Waals surface area contributed by atoms with Crippen LogP contribution in [-0.4, -0.2) is 40.8 Å². The lowest BCUT2D eigenvalue weighted by Crippen LogP contribution is -2.31. The zero-order valence-electron chi connectivity index (χ0n) is 11.9. The summed E-state index contributed by atoms with van der Waals surface area (Å²) in [6.07, 6.45) is 2.95. The van der Waals surface area contributed by atoms with Crippen LogP contribution in [0.2, 0.25) is 10.0 Å². The lowest BCUT2D eigenvalue weighted by atomic mass is 10.2. The van der Waals surface area contributed by atoms with E-state index < -0.39 is 0 Å². The predicted octanol–water partition coefficient (Wildman–Crippen LogP) is 3.73. The standard InChI is InChI=1S/C13H21Cl2N3OS/c1-4-5-16-12-9(14)6-10(15)13(18-12)17-8(2)11(7-19)20-3/h6,8,11,19H,4-5,7H2,1-3H3,(H2,16,17,18). The van der Waals surface area contributed by atoms with Crippen LogP contribution in [0.15, 0.2) is 6.07 Å². The van der Waals surface area contributed by atoms with Crippen molar-refractivity contribution in [2.45, 2.75) is 31.6 Å². The van der Waals surface area contributed by atoms with Crippen molar-refractivity contribution < 1.29 is 5.11 Å². The number of nitrogens with zero attached hydrogens (tertiary/aromatic N) is 1. The fourth-order valence-corrected chi connectivity index (χ4v) is 2.79. The molecule has 0 amide bonds. The van der Waals surface area contributed by atoms with E-state index in [2.05, 4.69) is 22.5 Å². The van der Waals surface area contributed by atoms with Gasteiger partial charge >= 0.3 is 0 Å². The van der Waals surface area contributed by atoms with E-state index >= 15 is 0 Å². The van der Waals surface area contributed by atoms with Crippen LogP contribution in [0.5, 0.6) is 0 Å². The Balaban J connectivity index is 2.88. The van der Waals surface area contributed by atoms with E-state index in [4.69, 9.17) is 23.2 Å². The first-order valence-corrected chi connectivity index (χ1v) is 8.57. The van der Waals surface area contributed by atoms with Crippen molar-refractivity contribution >= 4 is 46.6 Å². The molecule has 1 heterocycles. The number of pyridine rings is 1. The van der Waals surface area contributed by atoms with Gasteiger partial charge in [-0.3, -0.25) is 0 Å². The summed E-state index contributed by atoms with van der Waals surface area (Å²) >= 11 is 13.9. The average Bonchev–Trinajstić information content (AvgIpc) is 2.42. The highest BCUT2D eigenvalue weighted by atomic mass is 35.5. The third-order valence-corrected chi connectivity index (χ3v) is 4.62. The SMILES string of the molecule is CCCNc1nc(NC(C)C(CO)SC)c(Cl)cc1Cl. The smallest absolute Gasteiger partial charge is 0.147 e. The molecule has 0 saturated carbocycles. The number of nitrogens with one attached hydrogen (secondary N) is 2. The molecule has 1 aromatic heterocycles. The third-order valence-electron chi connectivity index (χ3n) is 2.88. The second-order valence-corrected chi connectivity index (χ2v) is 6.36. The van der Waals surface area contributed by atoms with E-state index in [1.807, 2.05) is 13.2 Å². The van der Waals surface area contributed by atoms with Crippen molar-refractivity contribution in [1.82, 2.24) is 4.98 Å². The molecule has 0 saturated heterocycles. The molecule has 0 aliphatic carbocycles. The number of aromatic nitrogens is 1. The molecular formula is C13H21Cl2N3OS. The molecule has 0 bridgehead atoms. The van der Waals surface area contributed by atoms with Gasteiger partial charge in [0, 0.05) is 17.8 Å². The maximum atomic E-state index is 9.31. The van der Waals surface area contributed by atoms with Gasteiger partial charge in [-0.15, -0.1) is 0 Å². The molecule has 7 heteroatoms. The monoisotopic (exact) mass is 337 g/mol. The molecule has 2 atom stereocenters.